The second-order valence-corrected chi connectivity index (χ2v) is 11.3. The number of urea groups is 1. The number of hydrogen-bond donors (Lipinski definition) is 3. The van der Waals surface area contributed by atoms with Crippen LogP contribution in [0.15, 0.2) is 84.9 Å². The SMILES string of the molecule is CC(C)(C)CC(=O)NN1C(=O)C(N(C(N)=O)c2cccc(N)c2)CC(c2ccccc2)CC1c1ccccc1. The topological polar surface area (TPSA) is 122 Å². The molecule has 8 heteroatoms. The zero-order valence-corrected chi connectivity index (χ0v) is 22.7. The van der Waals surface area contributed by atoms with Crippen LogP contribution < -0.4 is 21.8 Å². The minimum atomic E-state index is -0.974. The highest BCUT2D eigenvalue weighted by Crippen LogP contribution is 2.40. The molecule has 3 aromatic rings. The van der Waals surface area contributed by atoms with Gasteiger partial charge in [-0.1, -0.05) is 87.5 Å². The summed E-state index contributed by atoms with van der Waals surface area (Å²) in [6.07, 6.45) is 1.07. The van der Waals surface area contributed by atoms with Gasteiger partial charge in [-0.15, -0.1) is 0 Å². The number of primary amides is 1. The standard InChI is InChI=1S/C31H37N5O3/c1-31(2,3)20-28(37)34-36-26(22-13-8-5-9-14-22)17-23(21-11-6-4-7-12-21)18-27(29(36)38)35(30(33)39)25-16-10-15-24(32)19-25/h4-16,19,23,26-27H,17-18,20,32H2,1-3H3,(H2,33,39)(H,34,37). The molecule has 0 aromatic heterocycles. The summed E-state index contributed by atoms with van der Waals surface area (Å²) in [5.74, 6) is -0.799. The van der Waals surface area contributed by atoms with E-state index in [4.69, 9.17) is 11.5 Å². The minimum absolute atomic E-state index is 0.113. The first-order chi connectivity index (χ1) is 18.5. The predicted molar refractivity (Wildman–Crippen MR) is 153 cm³/mol. The Hall–Kier alpha value is -4.33. The van der Waals surface area contributed by atoms with Crippen molar-refractivity contribution in [2.45, 2.75) is 58.0 Å². The summed E-state index contributed by atoms with van der Waals surface area (Å²) < 4.78 is 0. The first kappa shape index (κ1) is 27.7. The van der Waals surface area contributed by atoms with Crippen LogP contribution in [-0.2, 0) is 9.59 Å². The monoisotopic (exact) mass is 527 g/mol. The molecule has 1 fully saturated rings. The maximum absolute atomic E-state index is 14.4. The average molecular weight is 528 g/mol. The van der Waals surface area contributed by atoms with Crippen LogP contribution in [0.25, 0.3) is 0 Å². The van der Waals surface area contributed by atoms with Crippen LogP contribution >= 0.6 is 0 Å². The fraction of sp³-hybridized carbons (Fsp3) is 0.323. The summed E-state index contributed by atoms with van der Waals surface area (Å²) in [7, 11) is 0. The number of rotatable bonds is 6. The highest BCUT2D eigenvalue weighted by atomic mass is 16.2. The summed E-state index contributed by atoms with van der Waals surface area (Å²) in [5, 5.41) is 1.42. The Morgan fingerprint density at radius 3 is 2.10 bits per heavy atom. The molecule has 3 atom stereocenters. The maximum atomic E-state index is 14.4. The molecule has 3 aromatic carbocycles. The molecule has 0 bridgehead atoms. The van der Waals surface area contributed by atoms with E-state index in [1.807, 2.05) is 81.4 Å². The number of nitrogens with one attached hydrogen (secondary N) is 1. The molecule has 4 amide bonds. The molecule has 0 spiro atoms. The van der Waals surface area contributed by atoms with Crippen LogP contribution in [0.1, 0.15) is 63.1 Å². The van der Waals surface area contributed by atoms with E-state index in [2.05, 4.69) is 5.43 Å². The number of hydrazine groups is 1. The molecule has 1 aliphatic rings. The molecule has 0 aliphatic carbocycles. The van der Waals surface area contributed by atoms with Crippen LogP contribution in [0.5, 0.6) is 0 Å². The molecule has 0 saturated carbocycles. The van der Waals surface area contributed by atoms with Crippen molar-refractivity contribution in [1.29, 1.82) is 0 Å². The van der Waals surface area contributed by atoms with Gasteiger partial charge in [-0.05, 0) is 53.5 Å². The first-order valence-electron chi connectivity index (χ1n) is 13.2. The lowest BCUT2D eigenvalue weighted by atomic mass is 9.86. The van der Waals surface area contributed by atoms with Crippen molar-refractivity contribution in [3.05, 3.63) is 96.1 Å². The number of carbonyl (C=O) groups excluding carboxylic acids is 3. The Bertz CT molecular complexity index is 1310. The van der Waals surface area contributed by atoms with E-state index >= 15 is 0 Å². The van der Waals surface area contributed by atoms with Crippen LogP contribution in [0.3, 0.4) is 0 Å². The summed E-state index contributed by atoms with van der Waals surface area (Å²) in [6, 6.07) is 24.1. The second-order valence-electron chi connectivity index (χ2n) is 11.3. The summed E-state index contributed by atoms with van der Waals surface area (Å²) >= 11 is 0. The number of hydrogen-bond acceptors (Lipinski definition) is 4. The fourth-order valence-corrected chi connectivity index (χ4v) is 5.25. The highest BCUT2D eigenvalue weighted by Gasteiger charge is 2.43. The smallest absolute Gasteiger partial charge is 0.320 e. The molecule has 3 unspecified atom stereocenters. The maximum Gasteiger partial charge on any atom is 0.320 e. The van der Waals surface area contributed by atoms with E-state index < -0.39 is 24.0 Å². The lowest BCUT2D eigenvalue weighted by molar-refractivity contribution is -0.145. The van der Waals surface area contributed by atoms with Gasteiger partial charge in [-0.3, -0.25) is 19.9 Å². The van der Waals surface area contributed by atoms with Gasteiger partial charge in [0.1, 0.15) is 6.04 Å². The number of benzene rings is 3. The van der Waals surface area contributed by atoms with E-state index in [0.29, 0.717) is 24.2 Å². The molecular formula is C31H37N5O3. The molecule has 4 rings (SSSR count). The van der Waals surface area contributed by atoms with Crippen molar-refractivity contribution >= 4 is 29.2 Å². The van der Waals surface area contributed by atoms with Crippen LogP contribution in [0, 0.1) is 5.41 Å². The van der Waals surface area contributed by atoms with Crippen molar-refractivity contribution in [3.63, 3.8) is 0 Å². The Balaban J connectivity index is 1.85. The largest absolute Gasteiger partial charge is 0.399 e. The molecular weight excluding hydrogens is 490 g/mol. The zero-order valence-electron chi connectivity index (χ0n) is 22.7. The fourth-order valence-electron chi connectivity index (χ4n) is 5.25. The molecule has 39 heavy (non-hydrogen) atoms. The van der Waals surface area contributed by atoms with Gasteiger partial charge in [-0.25, -0.2) is 9.80 Å². The first-order valence-corrected chi connectivity index (χ1v) is 13.2. The average Bonchev–Trinajstić information content (AvgIpc) is 3.01. The summed E-state index contributed by atoms with van der Waals surface area (Å²) in [6.45, 7) is 5.90. The van der Waals surface area contributed by atoms with Crippen molar-refractivity contribution in [2.24, 2.45) is 11.1 Å². The van der Waals surface area contributed by atoms with E-state index in [1.54, 1.807) is 24.3 Å². The number of nitrogens with two attached hydrogens (primary N) is 2. The molecule has 204 valence electrons. The van der Waals surface area contributed by atoms with Gasteiger partial charge in [0.15, 0.2) is 0 Å². The van der Waals surface area contributed by atoms with Gasteiger partial charge in [0.2, 0.25) is 5.91 Å². The number of amides is 4. The van der Waals surface area contributed by atoms with Crippen molar-refractivity contribution in [2.75, 3.05) is 10.6 Å². The highest BCUT2D eigenvalue weighted by molar-refractivity contribution is 6.00. The quantitative estimate of drug-likeness (QED) is 0.384. The van der Waals surface area contributed by atoms with Gasteiger partial charge in [-0.2, -0.15) is 0 Å². The van der Waals surface area contributed by atoms with Crippen LogP contribution in [0.2, 0.25) is 0 Å². The third kappa shape index (κ3) is 6.76. The van der Waals surface area contributed by atoms with E-state index in [-0.39, 0.29) is 23.7 Å². The molecule has 0 radical (unpaired) electrons. The Morgan fingerprint density at radius 1 is 0.923 bits per heavy atom. The molecule has 5 N–H and O–H groups in total. The van der Waals surface area contributed by atoms with Gasteiger partial charge in [0.25, 0.3) is 5.91 Å². The van der Waals surface area contributed by atoms with Crippen molar-refractivity contribution in [1.82, 2.24) is 10.4 Å². The Kier molecular flexibility index (Phi) is 8.24. The summed E-state index contributed by atoms with van der Waals surface area (Å²) in [5.41, 5.74) is 17.4. The lowest BCUT2D eigenvalue weighted by Crippen LogP contribution is -2.57. The van der Waals surface area contributed by atoms with E-state index in [0.717, 1.165) is 11.1 Å². The van der Waals surface area contributed by atoms with Crippen LogP contribution in [0.4, 0.5) is 16.2 Å². The molecule has 8 nitrogen and oxygen atoms in total. The lowest BCUT2D eigenvalue weighted by Gasteiger charge is -2.35. The summed E-state index contributed by atoms with van der Waals surface area (Å²) in [4.78, 5) is 41.9. The van der Waals surface area contributed by atoms with E-state index in [1.165, 1.54) is 9.91 Å². The molecule has 1 heterocycles. The minimum Gasteiger partial charge on any atom is -0.399 e. The number of nitrogens with zero attached hydrogens (tertiary/aromatic N) is 2. The molecule has 1 aliphatic heterocycles. The van der Waals surface area contributed by atoms with Crippen LogP contribution in [-0.4, -0.2) is 28.9 Å². The third-order valence-electron chi connectivity index (χ3n) is 6.94. The number of carbonyl (C=O) groups is 3. The third-order valence-corrected chi connectivity index (χ3v) is 6.94. The van der Waals surface area contributed by atoms with Crippen molar-refractivity contribution < 1.29 is 14.4 Å². The number of anilines is 2. The Labute approximate surface area is 229 Å². The zero-order chi connectivity index (χ0) is 28.2. The van der Waals surface area contributed by atoms with Gasteiger partial charge in [0, 0.05) is 17.8 Å². The van der Waals surface area contributed by atoms with Gasteiger partial charge < -0.3 is 11.5 Å². The molecule has 1 saturated heterocycles. The predicted octanol–water partition coefficient (Wildman–Crippen LogP) is 5.14. The Morgan fingerprint density at radius 2 is 1.54 bits per heavy atom. The van der Waals surface area contributed by atoms with Gasteiger partial charge in [0.05, 0.1) is 6.04 Å². The number of nitrogen functional groups attached to an aromatic ring is 1. The normalized spacial score (nSPS) is 19.7. The van der Waals surface area contributed by atoms with Crippen molar-refractivity contribution in [3.8, 4) is 0 Å². The second kappa shape index (κ2) is 11.6. The van der Waals surface area contributed by atoms with Gasteiger partial charge >= 0.3 is 6.03 Å². The van der Waals surface area contributed by atoms with E-state index in [9.17, 15) is 14.4 Å².